The van der Waals surface area contributed by atoms with Gasteiger partial charge in [0.15, 0.2) is 0 Å². The third-order valence-corrected chi connectivity index (χ3v) is 5.02. The van der Waals surface area contributed by atoms with Gasteiger partial charge in [-0.1, -0.05) is 30.3 Å². The molecule has 4 heteroatoms. The van der Waals surface area contributed by atoms with Gasteiger partial charge >= 0.3 is 6.09 Å². The van der Waals surface area contributed by atoms with Crippen molar-refractivity contribution in [3.05, 3.63) is 35.9 Å². The molecular formula is C19H28N2O2. The van der Waals surface area contributed by atoms with E-state index in [4.69, 9.17) is 4.74 Å². The average molecular weight is 316 g/mol. The quantitative estimate of drug-likeness (QED) is 0.834. The third kappa shape index (κ3) is 3.52. The van der Waals surface area contributed by atoms with Gasteiger partial charge in [-0.3, -0.25) is 4.90 Å². The summed E-state index contributed by atoms with van der Waals surface area (Å²) in [7, 11) is 0. The van der Waals surface area contributed by atoms with Crippen LogP contribution in [0.3, 0.4) is 0 Å². The normalized spacial score (nSPS) is 26.2. The minimum absolute atomic E-state index is 0.171. The molecule has 126 valence electrons. The summed E-state index contributed by atoms with van der Waals surface area (Å²) in [5.74, 6) is 0.722. The molecule has 2 aliphatic rings. The van der Waals surface area contributed by atoms with Crippen molar-refractivity contribution in [2.75, 3.05) is 19.6 Å². The molecule has 0 N–H and O–H groups in total. The van der Waals surface area contributed by atoms with Crippen molar-refractivity contribution in [1.29, 1.82) is 0 Å². The molecule has 3 rings (SSSR count). The largest absolute Gasteiger partial charge is 0.444 e. The summed E-state index contributed by atoms with van der Waals surface area (Å²) in [5.41, 5.74) is 0.922. The number of amides is 1. The number of ether oxygens (including phenoxy) is 1. The SMILES string of the molecule is CC(c1ccccc1)N1CC2CCN(C(=O)OC(C)(C)C)CC21. The van der Waals surface area contributed by atoms with E-state index in [0.29, 0.717) is 12.1 Å². The van der Waals surface area contributed by atoms with Crippen molar-refractivity contribution < 1.29 is 9.53 Å². The summed E-state index contributed by atoms with van der Waals surface area (Å²) < 4.78 is 5.53. The molecule has 1 amide bonds. The number of hydrogen-bond donors (Lipinski definition) is 0. The van der Waals surface area contributed by atoms with Crippen molar-refractivity contribution in [3.8, 4) is 0 Å². The van der Waals surface area contributed by atoms with Crippen LogP contribution < -0.4 is 0 Å². The lowest BCUT2D eigenvalue weighted by Crippen LogP contribution is -2.65. The van der Waals surface area contributed by atoms with Crippen molar-refractivity contribution >= 4 is 6.09 Å². The summed E-state index contributed by atoms with van der Waals surface area (Å²) in [5, 5.41) is 0. The Morgan fingerprint density at radius 2 is 1.91 bits per heavy atom. The molecular weight excluding hydrogens is 288 g/mol. The highest BCUT2D eigenvalue weighted by molar-refractivity contribution is 5.68. The molecule has 2 fully saturated rings. The van der Waals surface area contributed by atoms with Crippen LogP contribution >= 0.6 is 0 Å². The van der Waals surface area contributed by atoms with E-state index in [1.54, 1.807) is 0 Å². The molecule has 2 saturated heterocycles. The number of carbonyl (C=O) groups excluding carboxylic acids is 1. The number of likely N-dealkylation sites (tertiary alicyclic amines) is 2. The number of piperidine rings is 1. The van der Waals surface area contributed by atoms with Crippen LogP contribution in [0.4, 0.5) is 4.79 Å². The van der Waals surface area contributed by atoms with E-state index in [9.17, 15) is 4.79 Å². The maximum absolute atomic E-state index is 12.3. The zero-order valence-corrected chi connectivity index (χ0v) is 14.7. The molecule has 3 atom stereocenters. The van der Waals surface area contributed by atoms with Crippen LogP contribution in [0, 0.1) is 5.92 Å². The zero-order chi connectivity index (χ0) is 16.6. The highest BCUT2D eigenvalue weighted by Gasteiger charge is 2.46. The Hall–Kier alpha value is -1.55. The minimum Gasteiger partial charge on any atom is -0.444 e. The van der Waals surface area contributed by atoms with E-state index in [1.165, 1.54) is 5.56 Å². The van der Waals surface area contributed by atoms with Crippen molar-refractivity contribution in [2.24, 2.45) is 5.92 Å². The van der Waals surface area contributed by atoms with E-state index >= 15 is 0 Å². The third-order valence-electron chi connectivity index (χ3n) is 5.02. The number of carbonyl (C=O) groups is 1. The average Bonchev–Trinajstić information content (AvgIpc) is 2.47. The second-order valence-corrected chi connectivity index (χ2v) is 7.83. The summed E-state index contributed by atoms with van der Waals surface area (Å²) in [6.45, 7) is 10.8. The van der Waals surface area contributed by atoms with Gasteiger partial charge in [0, 0.05) is 31.7 Å². The van der Waals surface area contributed by atoms with Gasteiger partial charge in [0.25, 0.3) is 0 Å². The molecule has 0 aliphatic carbocycles. The van der Waals surface area contributed by atoms with Gasteiger partial charge in [-0.2, -0.15) is 0 Å². The Bertz CT molecular complexity index is 552. The molecule has 2 aliphatic heterocycles. The first-order valence-corrected chi connectivity index (χ1v) is 8.64. The molecule has 23 heavy (non-hydrogen) atoms. The molecule has 2 heterocycles. The van der Waals surface area contributed by atoms with E-state index in [2.05, 4.69) is 42.2 Å². The van der Waals surface area contributed by atoms with Gasteiger partial charge < -0.3 is 9.64 Å². The predicted octanol–water partition coefficient (Wildman–Crippen LogP) is 3.69. The van der Waals surface area contributed by atoms with Crippen molar-refractivity contribution in [2.45, 2.75) is 51.8 Å². The predicted molar refractivity (Wildman–Crippen MR) is 91.3 cm³/mol. The highest BCUT2D eigenvalue weighted by Crippen LogP contribution is 2.38. The molecule has 4 nitrogen and oxygen atoms in total. The van der Waals surface area contributed by atoms with Gasteiger partial charge in [0.05, 0.1) is 0 Å². The topological polar surface area (TPSA) is 32.8 Å². The molecule has 1 aromatic carbocycles. The van der Waals surface area contributed by atoms with Crippen molar-refractivity contribution in [3.63, 3.8) is 0 Å². The fraction of sp³-hybridized carbons (Fsp3) is 0.632. The van der Waals surface area contributed by atoms with Crippen LogP contribution in [0.1, 0.15) is 45.7 Å². The first-order chi connectivity index (χ1) is 10.8. The Balaban J connectivity index is 1.63. The first kappa shape index (κ1) is 16.3. The standard InChI is InChI=1S/C19H28N2O2/c1-14(15-8-6-5-7-9-15)21-12-16-10-11-20(13-17(16)21)18(22)23-19(2,3)4/h5-9,14,16-17H,10-13H2,1-4H3. The zero-order valence-electron chi connectivity index (χ0n) is 14.7. The monoisotopic (exact) mass is 316 g/mol. The van der Waals surface area contributed by atoms with Gasteiger partial charge in [-0.15, -0.1) is 0 Å². The van der Waals surface area contributed by atoms with Gasteiger partial charge in [-0.05, 0) is 45.6 Å². The van der Waals surface area contributed by atoms with E-state index < -0.39 is 5.60 Å². The summed E-state index contributed by atoms with van der Waals surface area (Å²) >= 11 is 0. The molecule has 0 radical (unpaired) electrons. The van der Waals surface area contributed by atoms with E-state index in [0.717, 1.165) is 32.0 Å². The van der Waals surface area contributed by atoms with Crippen LogP contribution in [0.15, 0.2) is 30.3 Å². The van der Waals surface area contributed by atoms with Crippen LogP contribution in [0.25, 0.3) is 0 Å². The Morgan fingerprint density at radius 3 is 2.57 bits per heavy atom. The van der Waals surface area contributed by atoms with Gasteiger partial charge in [0.1, 0.15) is 5.60 Å². The van der Waals surface area contributed by atoms with Crippen molar-refractivity contribution in [1.82, 2.24) is 9.80 Å². The lowest BCUT2D eigenvalue weighted by molar-refractivity contribution is -0.0706. The number of benzene rings is 1. The lowest BCUT2D eigenvalue weighted by atomic mass is 9.80. The Kier molecular flexibility index (Phi) is 4.37. The molecule has 1 aromatic rings. The molecule has 0 spiro atoms. The number of nitrogens with zero attached hydrogens (tertiary/aromatic N) is 2. The summed E-state index contributed by atoms with van der Waals surface area (Å²) in [6, 6.07) is 11.5. The summed E-state index contributed by atoms with van der Waals surface area (Å²) in [4.78, 5) is 16.7. The van der Waals surface area contributed by atoms with Crippen LogP contribution in [-0.2, 0) is 4.74 Å². The molecule has 3 unspecified atom stereocenters. The Labute approximate surface area is 139 Å². The van der Waals surface area contributed by atoms with E-state index in [1.807, 2.05) is 25.7 Å². The second kappa shape index (κ2) is 6.16. The summed E-state index contributed by atoms with van der Waals surface area (Å²) in [6.07, 6.45) is 0.914. The van der Waals surface area contributed by atoms with Crippen LogP contribution in [-0.4, -0.2) is 47.2 Å². The number of rotatable bonds is 2. The fourth-order valence-corrected chi connectivity index (χ4v) is 3.70. The first-order valence-electron chi connectivity index (χ1n) is 8.64. The van der Waals surface area contributed by atoms with Gasteiger partial charge in [0.2, 0.25) is 0 Å². The second-order valence-electron chi connectivity index (χ2n) is 7.83. The fourth-order valence-electron chi connectivity index (χ4n) is 3.70. The molecule has 0 aromatic heterocycles. The smallest absolute Gasteiger partial charge is 0.410 e. The van der Waals surface area contributed by atoms with E-state index in [-0.39, 0.29) is 6.09 Å². The minimum atomic E-state index is -0.426. The highest BCUT2D eigenvalue weighted by atomic mass is 16.6. The lowest BCUT2D eigenvalue weighted by Gasteiger charge is -2.55. The molecule has 0 saturated carbocycles. The maximum atomic E-state index is 12.3. The van der Waals surface area contributed by atoms with Crippen LogP contribution in [0.5, 0.6) is 0 Å². The number of hydrogen-bond acceptors (Lipinski definition) is 3. The molecule has 0 bridgehead atoms. The maximum Gasteiger partial charge on any atom is 0.410 e. The Morgan fingerprint density at radius 1 is 1.22 bits per heavy atom. The van der Waals surface area contributed by atoms with Gasteiger partial charge in [-0.25, -0.2) is 4.79 Å². The van der Waals surface area contributed by atoms with Crippen LogP contribution in [0.2, 0.25) is 0 Å². The number of fused-ring (bicyclic) bond motifs is 1.